The highest BCUT2D eigenvalue weighted by molar-refractivity contribution is 6.65. The highest BCUT2D eigenvalue weighted by Gasteiger charge is 2.52. The number of fused-ring (bicyclic) bond motifs is 1. The molecule has 2 aliphatic heterocycles. The van der Waals surface area contributed by atoms with Gasteiger partial charge >= 0.3 is 7.12 Å². The summed E-state index contributed by atoms with van der Waals surface area (Å²) in [6.45, 7) is 9.17. The molecule has 2 aliphatic rings. The van der Waals surface area contributed by atoms with Gasteiger partial charge in [0, 0.05) is 6.42 Å². The van der Waals surface area contributed by atoms with E-state index in [9.17, 15) is 0 Å². The molecule has 1 N–H and O–H groups in total. The lowest BCUT2D eigenvalue weighted by atomic mass is 9.77. The van der Waals surface area contributed by atoms with Crippen molar-refractivity contribution in [2.24, 2.45) is 0 Å². The Balaban J connectivity index is 1.70. The van der Waals surface area contributed by atoms with Gasteiger partial charge < -0.3 is 14.0 Å². The van der Waals surface area contributed by atoms with Crippen LogP contribution >= 0.6 is 0 Å². The first kappa shape index (κ1) is 16.1. The predicted octanol–water partition coefficient (Wildman–Crippen LogP) is 2.45. The molecule has 0 bridgehead atoms. The van der Waals surface area contributed by atoms with E-state index >= 15 is 0 Å². The first-order valence-electron chi connectivity index (χ1n) is 8.87. The van der Waals surface area contributed by atoms with Crippen molar-refractivity contribution in [3.05, 3.63) is 24.4 Å². The van der Waals surface area contributed by atoms with Crippen LogP contribution in [0.4, 0.5) is 0 Å². The van der Waals surface area contributed by atoms with Gasteiger partial charge in [-0.15, -0.1) is 0 Å². The summed E-state index contributed by atoms with van der Waals surface area (Å²) in [5.41, 5.74) is 1.48. The number of hydrogen-bond acceptors (Lipinski definition) is 3. The minimum atomic E-state index is -0.352. The third-order valence-electron chi connectivity index (χ3n) is 5.63. The van der Waals surface area contributed by atoms with Crippen molar-refractivity contribution in [2.75, 3.05) is 6.61 Å². The molecule has 128 valence electrons. The zero-order valence-corrected chi connectivity index (χ0v) is 15.0. The molecule has 24 heavy (non-hydrogen) atoms. The Hall–Kier alpha value is -1.37. The molecule has 1 unspecified atom stereocenters. The molecule has 1 atom stereocenters. The van der Waals surface area contributed by atoms with Crippen LogP contribution in [0.25, 0.3) is 10.9 Å². The van der Waals surface area contributed by atoms with Crippen LogP contribution in [-0.4, -0.2) is 30.0 Å². The molecule has 5 nitrogen and oxygen atoms in total. The van der Waals surface area contributed by atoms with Crippen LogP contribution < -0.4 is 10.1 Å². The summed E-state index contributed by atoms with van der Waals surface area (Å²) in [7, 11) is -0.352. The Bertz CT molecular complexity index is 734. The maximum Gasteiger partial charge on any atom is 0.495 e. The number of rotatable bonds is 2. The van der Waals surface area contributed by atoms with E-state index in [1.165, 1.54) is 6.42 Å². The minimum Gasteiger partial charge on any atom is -0.399 e. The van der Waals surface area contributed by atoms with E-state index < -0.39 is 0 Å². The van der Waals surface area contributed by atoms with Crippen LogP contribution in [0.15, 0.2) is 24.4 Å². The molecule has 4 rings (SSSR count). The third kappa shape index (κ3) is 2.57. The molecule has 0 saturated carbocycles. The number of ether oxygens (including phenoxy) is 1. The molecule has 2 fully saturated rings. The molecule has 0 amide bonds. The van der Waals surface area contributed by atoms with Crippen molar-refractivity contribution in [1.29, 1.82) is 0 Å². The Labute approximate surface area is 143 Å². The SMILES string of the molecule is CC1(C)OB(c2cccc3[nH][n+](C4CCCCO4)cc23)OC1(C)C. The van der Waals surface area contributed by atoms with Crippen molar-refractivity contribution in [1.82, 2.24) is 5.10 Å². The van der Waals surface area contributed by atoms with Crippen LogP contribution in [-0.2, 0) is 14.0 Å². The number of hydrogen-bond donors (Lipinski definition) is 1. The van der Waals surface area contributed by atoms with Gasteiger partial charge in [-0.2, -0.15) is 5.10 Å². The van der Waals surface area contributed by atoms with E-state index in [0.717, 1.165) is 35.8 Å². The molecule has 3 heterocycles. The monoisotopic (exact) mass is 329 g/mol. The molecule has 0 spiro atoms. The van der Waals surface area contributed by atoms with E-state index in [0.29, 0.717) is 0 Å². The predicted molar refractivity (Wildman–Crippen MR) is 93.0 cm³/mol. The van der Waals surface area contributed by atoms with Gasteiger partial charge in [0.1, 0.15) is 5.52 Å². The van der Waals surface area contributed by atoms with Gasteiger partial charge in [0.05, 0.1) is 23.2 Å². The molecule has 0 radical (unpaired) electrons. The van der Waals surface area contributed by atoms with Crippen LogP contribution in [0, 0.1) is 0 Å². The van der Waals surface area contributed by atoms with Crippen LogP contribution in [0.5, 0.6) is 0 Å². The van der Waals surface area contributed by atoms with Gasteiger partial charge in [0.15, 0.2) is 0 Å². The molecule has 0 aliphatic carbocycles. The minimum absolute atomic E-state index is 0.0947. The van der Waals surface area contributed by atoms with Crippen molar-refractivity contribution in [3.63, 3.8) is 0 Å². The van der Waals surface area contributed by atoms with Gasteiger partial charge in [-0.05, 0) is 52.1 Å². The van der Waals surface area contributed by atoms with Gasteiger partial charge in [-0.25, -0.2) is 0 Å². The second-order valence-electron chi connectivity index (χ2n) is 7.87. The average Bonchev–Trinajstić information content (AvgIpc) is 3.06. The van der Waals surface area contributed by atoms with Gasteiger partial charge in [-0.3, -0.25) is 0 Å². The van der Waals surface area contributed by atoms with Crippen molar-refractivity contribution < 1.29 is 18.7 Å². The summed E-state index contributed by atoms with van der Waals surface area (Å²) >= 11 is 0. The molecule has 1 aromatic heterocycles. The third-order valence-corrected chi connectivity index (χ3v) is 5.63. The quantitative estimate of drug-likeness (QED) is 0.680. The van der Waals surface area contributed by atoms with Crippen LogP contribution in [0.2, 0.25) is 0 Å². The maximum absolute atomic E-state index is 6.24. The molecule has 2 saturated heterocycles. The zero-order chi connectivity index (χ0) is 16.9. The number of aromatic nitrogens is 2. The fraction of sp³-hybridized carbons (Fsp3) is 0.611. The first-order valence-corrected chi connectivity index (χ1v) is 8.87. The Morgan fingerprint density at radius 1 is 1.12 bits per heavy atom. The summed E-state index contributed by atoms with van der Waals surface area (Å²) < 4.78 is 20.4. The van der Waals surface area contributed by atoms with E-state index in [4.69, 9.17) is 14.0 Å². The first-order chi connectivity index (χ1) is 11.4. The summed E-state index contributed by atoms with van der Waals surface area (Å²) in [6, 6.07) is 6.22. The smallest absolute Gasteiger partial charge is 0.399 e. The second kappa shape index (κ2) is 5.58. The zero-order valence-electron chi connectivity index (χ0n) is 15.0. The van der Waals surface area contributed by atoms with Crippen molar-refractivity contribution >= 4 is 23.5 Å². The highest BCUT2D eigenvalue weighted by atomic mass is 16.7. The van der Waals surface area contributed by atoms with Crippen LogP contribution in [0.1, 0.15) is 53.2 Å². The number of aromatic amines is 1. The Morgan fingerprint density at radius 3 is 2.54 bits per heavy atom. The topological polar surface area (TPSA) is 47.4 Å². The van der Waals surface area contributed by atoms with Gasteiger partial charge in [-0.1, -0.05) is 16.8 Å². The van der Waals surface area contributed by atoms with E-state index in [2.05, 4.69) is 55.8 Å². The second-order valence-corrected chi connectivity index (χ2v) is 7.87. The highest BCUT2D eigenvalue weighted by Crippen LogP contribution is 2.36. The Kier molecular flexibility index (Phi) is 3.75. The van der Waals surface area contributed by atoms with Crippen molar-refractivity contribution in [2.45, 2.75) is 64.4 Å². The summed E-state index contributed by atoms with van der Waals surface area (Å²) in [4.78, 5) is 0. The van der Waals surface area contributed by atoms with Crippen molar-refractivity contribution in [3.8, 4) is 0 Å². The number of benzene rings is 1. The fourth-order valence-corrected chi connectivity index (χ4v) is 3.41. The normalized spacial score (nSPS) is 26.2. The molecule has 2 aromatic rings. The lowest BCUT2D eigenvalue weighted by Gasteiger charge is -2.32. The maximum atomic E-state index is 6.24. The van der Waals surface area contributed by atoms with E-state index in [1.54, 1.807) is 0 Å². The lowest BCUT2D eigenvalue weighted by molar-refractivity contribution is -0.809. The van der Waals surface area contributed by atoms with E-state index in [1.807, 2.05) is 6.07 Å². The largest absolute Gasteiger partial charge is 0.495 e. The molecular formula is C18H26BN2O3+. The number of nitrogens with zero attached hydrogens (tertiary/aromatic N) is 1. The van der Waals surface area contributed by atoms with E-state index in [-0.39, 0.29) is 24.5 Å². The standard InChI is InChI=1S/C18H25BN2O3/c1-17(2)18(3,4)24-19(23-17)14-8-7-9-15-13(14)12-21(20-15)16-10-5-6-11-22-16/h7-9,12,16H,5-6,10-11H2,1-4H3/p+1. The van der Waals surface area contributed by atoms with Gasteiger partial charge in [0.25, 0.3) is 6.23 Å². The van der Waals surface area contributed by atoms with Gasteiger partial charge in [0.2, 0.25) is 6.20 Å². The summed E-state index contributed by atoms with van der Waals surface area (Å²) in [5.74, 6) is 0. The molecular weight excluding hydrogens is 303 g/mol. The van der Waals surface area contributed by atoms with Crippen LogP contribution in [0.3, 0.4) is 0 Å². The lowest BCUT2D eigenvalue weighted by Crippen LogP contribution is -2.43. The molecule has 6 heteroatoms. The summed E-state index contributed by atoms with van der Waals surface area (Å²) in [6.07, 6.45) is 5.63. The number of H-pyrrole nitrogens is 1. The average molecular weight is 329 g/mol. The number of nitrogens with one attached hydrogen (secondary N) is 1. The summed E-state index contributed by atoms with van der Waals surface area (Å²) in [5, 5.41) is 4.58. The Morgan fingerprint density at radius 2 is 1.88 bits per heavy atom. The fourth-order valence-electron chi connectivity index (χ4n) is 3.41. The molecule has 1 aromatic carbocycles.